The number of carbonyl (C=O) groups excluding carboxylic acids is 1. The van der Waals surface area contributed by atoms with Crippen LogP contribution in [0.3, 0.4) is 0 Å². The van der Waals surface area contributed by atoms with Gasteiger partial charge in [-0.3, -0.25) is 9.69 Å². The highest BCUT2D eigenvalue weighted by atomic mass is 35.5. The fraction of sp³-hybridized carbons (Fsp3) is 0.316. The number of anilines is 1. The first-order chi connectivity index (χ1) is 11.7. The van der Waals surface area contributed by atoms with Gasteiger partial charge in [0.25, 0.3) is 0 Å². The average Bonchev–Trinajstić information content (AvgIpc) is 2.63. The van der Waals surface area contributed by atoms with E-state index in [-0.39, 0.29) is 11.9 Å². The van der Waals surface area contributed by atoms with Crippen molar-refractivity contribution in [1.82, 2.24) is 10.2 Å². The molecule has 2 aromatic rings. The lowest BCUT2D eigenvalue weighted by molar-refractivity contribution is -0.120. The van der Waals surface area contributed by atoms with Crippen molar-refractivity contribution in [2.24, 2.45) is 0 Å². The normalized spacial score (nSPS) is 18.3. The molecule has 0 radical (unpaired) electrons. The Labute approximate surface area is 148 Å². The molecule has 0 aliphatic carbocycles. The number of piperazine rings is 1. The Morgan fingerprint density at radius 3 is 2.67 bits per heavy atom. The number of rotatable bonds is 4. The summed E-state index contributed by atoms with van der Waals surface area (Å²) >= 11 is 6.37. The standard InChI is InChI=1S/C19H22ClN3O/c1-22(15-7-3-2-4-8-15)19(24)14-23-12-11-21-13-18(23)16-9-5-6-10-17(16)20/h2-10,18,21H,11-14H2,1H3. The van der Waals surface area contributed by atoms with Crippen molar-refractivity contribution in [3.63, 3.8) is 0 Å². The molecule has 1 aliphatic heterocycles. The first-order valence-electron chi connectivity index (χ1n) is 8.17. The van der Waals surface area contributed by atoms with Crippen LogP contribution in [0, 0.1) is 0 Å². The quantitative estimate of drug-likeness (QED) is 0.927. The molecule has 24 heavy (non-hydrogen) atoms. The monoisotopic (exact) mass is 343 g/mol. The van der Waals surface area contributed by atoms with Crippen LogP contribution in [0.5, 0.6) is 0 Å². The van der Waals surface area contributed by atoms with Gasteiger partial charge in [0.05, 0.1) is 6.54 Å². The molecule has 4 nitrogen and oxygen atoms in total. The summed E-state index contributed by atoms with van der Waals surface area (Å²) in [5.74, 6) is 0.0835. The van der Waals surface area contributed by atoms with Crippen LogP contribution in [0.1, 0.15) is 11.6 Å². The van der Waals surface area contributed by atoms with Crippen LogP contribution in [0.4, 0.5) is 5.69 Å². The summed E-state index contributed by atoms with van der Waals surface area (Å²) in [6.45, 7) is 2.88. The minimum Gasteiger partial charge on any atom is -0.314 e. The number of carbonyl (C=O) groups is 1. The van der Waals surface area contributed by atoms with Crippen LogP contribution in [-0.2, 0) is 4.79 Å². The zero-order chi connectivity index (χ0) is 16.9. The second-order valence-electron chi connectivity index (χ2n) is 6.00. The maximum Gasteiger partial charge on any atom is 0.240 e. The fourth-order valence-corrected chi connectivity index (χ4v) is 3.32. The summed E-state index contributed by atoms with van der Waals surface area (Å²) in [5.41, 5.74) is 1.98. The van der Waals surface area contributed by atoms with Gasteiger partial charge in [0.15, 0.2) is 0 Å². The van der Waals surface area contributed by atoms with Crippen LogP contribution >= 0.6 is 11.6 Å². The molecule has 1 saturated heterocycles. The lowest BCUT2D eigenvalue weighted by Gasteiger charge is -2.37. The van der Waals surface area contributed by atoms with Gasteiger partial charge in [0.1, 0.15) is 0 Å². The Balaban J connectivity index is 1.74. The SMILES string of the molecule is CN(C(=O)CN1CCNCC1c1ccccc1Cl)c1ccccc1. The summed E-state index contributed by atoms with van der Waals surface area (Å²) in [6, 6.07) is 17.7. The van der Waals surface area contributed by atoms with E-state index in [2.05, 4.69) is 10.2 Å². The predicted molar refractivity (Wildman–Crippen MR) is 98.5 cm³/mol. The number of nitrogens with one attached hydrogen (secondary N) is 1. The van der Waals surface area contributed by atoms with Crippen LogP contribution in [0.2, 0.25) is 5.02 Å². The van der Waals surface area contributed by atoms with E-state index in [4.69, 9.17) is 11.6 Å². The van der Waals surface area contributed by atoms with Gasteiger partial charge in [-0.15, -0.1) is 0 Å². The summed E-state index contributed by atoms with van der Waals surface area (Å²) < 4.78 is 0. The van der Waals surface area contributed by atoms with Crippen LogP contribution < -0.4 is 10.2 Å². The van der Waals surface area contributed by atoms with Crippen LogP contribution in [0.25, 0.3) is 0 Å². The maximum absolute atomic E-state index is 12.7. The highest BCUT2D eigenvalue weighted by Gasteiger charge is 2.27. The minimum absolute atomic E-state index is 0.0835. The molecule has 126 valence electrons. The Hall–Kier alpha value is -1.88. The molecular weight excluding hydrogens is 322 g/mol. The van der Waals surface area contributed by atoms with Gasteiger partial charge in [-0.1, -0.05) is 48.0 Å². The van der Waals surface area contributed by atoms with E-state index in [1.807, 2.05) is 61.6 Å². The van der Waals surface area contributed by atoms with Crippen molar-refractivity contribution in [1.29, 1.82) is 0 Å². The molecule has 1 atom stereocenters. The van der Waals surface area contributed by atoms with Crippen molar-refractivity contribution >= 4 is 23.2 Å². The highest BCUT2D eigenvalue weighted by Crippen LogP contribution is 2.28. The molecule has 1 amide bonds. The lowest BCUT2D eigenvalue weighted by atomic mass is 10.0. The van der Waals surface area contributed by atoms with Crippen molar-refractivity contribution < 1.29 is 4.79 Å². The van der Waals surface area contributed by atoms with E-state index in [1.165, 1.54) is 0 Å². The summed E-state index contributed by atoms with van der Waals surface area (Å²) in [5, 5.41) is 4.15. The summed E-state index contributed by atoms with van der Waals surface area (Å²) in [4.78, 5) is 16.6. The largest absolute Gasteiger partial charge is 0.314 e. The van der Waals surface area contributed by atoms with Gasteiger partial charge < -0.3 is 10.2 Å². The third kappa shape index (κ3) is 3.78. The molecule has 0 saturated carbocycles. The molecule has 5 heteroatoms. The first-order valence-corrected chi connectivity index (χ1v) is 8.55. The zero-order valence-electron chi connectivity index (χ0n) is 13.8. The van der Waals surface area contributed by atoms with Crippen LogP contribution in [0.15, 0.2) is 54.6 Å². The molecular formula is C19H22ClN3O. The van der Waals surface area contributed by atoms with Gasteiger partial charge in [0.2, 0.25) is 5.91 Å². The Kier molecular flexibility index (Phi) is 5.51. The van der Waals surface area contributed by atoms with Crippen molar-refractivity contribution in [3.8, 4) is 0 Å². The van der Waals surface area contributed by atoms with Crippen molar-refractivity contribution in [3.05, 3.63) is 65.2 Å². The summed E-state index contributed by atoms with van der Waals surface area (Å²) in [6.07, 6.45) is 0. The minimum atomic E-state index is 0.0835. The molecule has 1 aliphatic rings. The number of hydrogen-bond acceptors (Lipinski definition) is 3. The zero-order valence-corrected chi connectivity index (χ0v) is 14.5. The second kappa shape index (κ2) is 7.79. The number of hydrogen-bond donors (Lipinski definition) is 1. The van der Waals surface area contributed by atoms with E-state index in [9.17, 15) is 4.79 Å². The molecule has 1 heterocycles. The number of amides is 1. The number of para-hydroxylation sites is 1. The number of nitrogens with zero attached hydrogens (tertiary/aromatic N) is 2. The van der Waals surface area contributed by atoms with Gasteiger partial charge in [0, 0.05) is 43.4 Å². The van der Waals surface area contributed by atoms with E-state index < -0.39 is 0 Å². The lowest BCUT2D eigenvalue weighted by Crippen LogP contribution is -2.49. The molecule has 1 fully saturated rings. The number of likely N-dealkylation sites (N-methyl/N-ethyl adjacent to an activating group) is 1. The second-order valence-corrected chi connectivity index (χ2v) is 6.41. The first kappa shape index (κ1) is 17.0. The molecule has 0 bridgehead atoms. The number of halogens is 1. The predicted octanol–water partition coefficient (Wildman–Crippen LogP) is 2.95. The third-order valence-corrected chi connectivity index (χ3v) is 4.82. The van der Waals surface area contributed by atoms with E-state index >= 15 is 0 Å². The number of benzene rings is 2. The maximum atomic E-state index is 12.7. The van der Waals surface area contributed by atoms with E-state index in [0.29, 0.717) is 6.54 Å². The topological polar surface area (TPSA) is 35.6 Å². The highest BCUT2D eigenvalue weighted by molar-refractivity contribution is 6.31. The van der Waals surface area contributed by atoms with Gasteiger partial charge in [-0.05, 0) is 23.8 Å². The fourth-order valence-electron chi connectivity index (χ4n) is 3.06. The van der Waals surface area contributed by atoms with E-state index in [1.54, 1.807) is 4.90 Å². The van der Waals surface area contributed by atoms with Gasteiger partial charge in [-0.2, -0.15) is 0 Å². The Bertz CT molecular complexity index is 692. The molecule has 0 spiro atoms. The van der Waals surface area contributed by atoms with E-state index in [0.717, 1.165) is 35.9 Å². The van der Waals surface area contributed by atoms with Crippen molar-refractivity contribution in [2.45, 2.75) is 6.04 Å². The Morgan fingerprint density at radius 2 is 1.92 bits per heavy atom. The van der Waals surface area contributed by atoms with Gasteiger partial charge >= 0.3 is 0 Å². The molecule has 1 N–H and O–H groups in total. The Morgan fingerprint density at radius 1 is 1.21 bits per heavy atom. The average molecular weight is 344 g/mol. The molecule has 0 aromatic heterocycles. The smallest absolute Gasteiger partial charge is 0.240 e. The summed E-state index contributed by atoms with van der Waals surface area (Å²) in [7, 11) is 1.82. The molecule has 1 unspecified atom stereocenters. The third-order valence-electron chi connectivity index (χ3n) is 4.47. The molecule has 2 aromatic carbocycles. The van der Waals surface area contributed by atoms with Crippen LogP contribution in [-0.4, -0.2) is 44.0 Å². The van der Waals surface area contributed by atoms with Gasteiger partial charge in [-0.25, -0.2) is 0 Å². The molecule has 3 rings (SSSR count). The van der Waals surface area contributed by atoms with Crippen molar-refractivity contribution in [2.75, 3.05) is 38.1 Å².